The van der Waals surface area contributed by atoms with Crippen LogP contribution in [0.1, 0.15) is 41.5 Å². The molecule has 0 N–H and O–H groups in total. The van der Waals surface area contributed by atoms with Gasteiger partial charge in [-0.15, -0.1) is 0 Å². The molecule has 0 aliphatic heterocycles. The number of rotatable bonds is 4. The summed E-state index contributed by atoms with van der Waals surface area (Å²) in [5, 5.41) is 19.2. The largest absolute Gasteiger partial charge is 0.744 e. The van der Waals surface area contributed by atoms with Gasteiger partial charge in [-0.1, -0.05) is 41.5 Å². The topological polar surface area (TPSA) is 105 Å². The fraction of sp³-hybridized carbons (Fsp3) is 0.647. The molecule has 0 heterocycles. The molecule has 126 valence electrons. The summed E-state index contributed by atoms with van der Waals surface area (Å²) in [7, 11) is -4.76. The van der Waals surface area contributed by atoms with Crippen LogP contribution in [0.2, 0.25) is 0 Å². The highest BCUT2D eigenvalue weighted by Crippen LogP contribution is 2.48. The van der Waals surface area contributed by atoms with E-state index in [9.17, 15) is 23.5 Å². The summed E-state index contributed by atoms with van der Waals surface area (Å²) in [6, 6.07) is 4.21. The van der Waals surface area contributed by atoms with Crippen molar-refractivity contribution >= 4 is 10.1 Å². The van der Waals surface area contributed by atoms with Gasteiger partial charge in [0.25, 0.3) is 0 Å². The summed E-state index contributed by atoms with van der Waals surface area (Å²) in [5.41, 5.74) is 1.13. The quantitative estimate of drug-likeness (QED) is 0.733. The van der Waals surface area contributed by atoms with Gasteiger partial charge in [-0.25, -0.2) is 8.42 Å². The molecule has 0 fully saturated rings. The van der Waals surface area contributed by atoms with Gasteiger partial charge in [-0.2, -0.15) is 10.5 Å². The van der Waals surface area contributed by atoms with Gasteiger partial charge in [0, 0.05) is 10.8 Å². The highest BCUT2D eigenvalue weighted by Gasteiger charge is 2.42. The Hall–Kier alpha value is -1.63. The van der Waals surface area contributed by atoms with Gasteiger partial charge in [0.15, 0.2) is 0 Å². The average molecular weight is 335 g/mol. The second-order valence-corrected chi connectivity index (χ2v) is 8.21. The van der Waals surface area contributed by atoms with Crippen molar-refractivity contribution in [2.45, 2.75) is 41.5 Å². The monoisotopic (exact) mass is 335 g/mol. The Balaban J connectivity index is 4.05. The van der Waals surface area contributed by atoms with Gasteiger partial charge in [-0.3, -0.25) is 0 Å². The van der Waals surface area contributed by atoms with E-state index in [1.165, 1.54) is 0 Å². The molecule has 0 aromatic carbocycles. The zero-order valence-electron chi connectivity index (χ0n) is 14.4. The molecule has 0 bridgehead atoms. The number of hydrogen-bond donors (Lipinski definition) is 0. The van der Waals surface area contributed by atoms with Crippen molar-refractivity contribution in [3.05, 3.63) is 21.6 Å². The molecule has 0 amide bonds. The minimum absolute atomic E-state index is 0.0831. The molecule has 1 aliphatic carbocycles. The van der Waals surface area contributed by atoms with E-state index in [1.54, 1.807) is 27.7 Å². The summed E-state index contributed by atoms with van der Waals surface area (Å²) in [6.07, 6.45) is 0. The standard InChI is InChI=1S/C17H24N2O3S/c1-9(2)14-12(7-18)15(10(3)4)17(23(20,21)22)16(11(5)6)13(14)8-19/h9-12,15H,1-6H3,(H,20,21,22)/p-1. The third-order valence-corrected chi connectivity index (χ3v) is 5.29. The second-order valence-electron chi connectivity index (χ2n) is 6.86. The Morgan fingerprint density at radius 1 is 1.04 bits per heavy atom. The molecule has 2 atom stereocenters. The molecule has 0 spiro atoms. The molecule has 0 aromatic heterocycles. The smallest absolute Gasteiger partial charge is 0.121 e. The van der Waals surface area contributed by atoms with Crippen molar-refractivity contribution in [3.63, 3.8) is 0 Å². The molecule has 23 heavy (non-hydrogen) atoms. The average Bonchev–Trinajstić information content (AvgIpc) is 2.41. The molecule has 0 saturated heterocycles. The van der Waals surface area contributed by atoms with Crippen molar-refractivity contribution in [2.75, 3.05) is 0 Å². The zero-order chi connectivity index (χ0) is 18.1. The number of hydrogen-bond acceptors (Lipinski definition) is 5. The Bertz CT molecular complexity index is 729. The molecule has 0 radical (unpaired) electrons. The van der Waals surface area contributed by atoms with Crippen LogP contribution >= 0.6 is 0 Å². The predicted octanol–water partition coefficient (Wildman–Crippen LogP) is 3.34. The highest BCUT2D eigenvalue weighted by molar-refractivity contribution is 7.89. The minimum Gasteiger partial charge on any atom is -0.744 e. The number of allylic oxidation sites excluding steroid dienone is 4. The van der Waals surface area contributed by atoms with Crippen LogP contribution in [0.3, 0.4) is 0 Å². The van der Waals surface area contributed by atoms with E-state index in [4.69, 9.17) is 0 Å². The Labute approximate surface area is 139 Å². The molecular weight excluding hydrogens is 312 g/mol. The van der Waals surface area contributed by atoms with Gasteiger partial charge < -0.3 is 4.55 Å². The third-order valence-electron chi connectivity index (χ3n) is 4.26. The Morgan fingerprint density at radius 2 is 1.57 bits per heavy atom. The summed E-state index contributed by atoms with van der Waals surface area (Å²) in [5.74, 6) is -2.07. The Kier molecular flexibility index (Phi) is 5.79. The zero-order valence-corrected chi connectivity index (χ0v) is 15.2. The predicted molar refractivity (Wildman–Crippen MR) is 86.5 cm³/mol. The SMILES string of the molecule is CC(C)C1=C(S(=O)(=O)[O-])C(C(C)C)C(C#N)C(C(C)C)=C1C#N. The maximum absolute atomic E-state index is 12.0. The van der Waals surface area contributed by atoms with Crippen LogP contribution in [0.25, 0.3) is 0 Å². The van der Waals surface area contributed by atoms with Crippen LogP contribution in [0.5, 0.6) is 0 Å². The van der Waals surface area contributed by atoms with Gasteiger partial charge >= 0.3 is 0 Å². The molecule has 6 heteroatoms. The molecular formula is C17H23N2O3S-. The van der Waals surface area contributed by atoms with Crippen LogP contribution in [-0.2, 0) is 10.1 Å². The molecule has 1 rings (SSSR count). The van der Waals surface area contributed by atoms with Gasteiger partial charge in [0.05, 0.1) is 23.6 Å². The summed E-state index contributed by atoms with van der Waals surface area (Å²) in [4.78, 5) is -0.269. The maximum Gasteiger partial charge on any atom is 0.121 e. The van der Waals surface area contributed by atoms with E-state index < -0.39 is 22.0 Å². The van der Waals surface area contributed by atoms with Gasteiger partial charge in [-0.05, 0) is 28.9 Å². The lowest BCUT2D eigenvalue weighted by Crippen LogP contribution is -2.34. The van der Waals surface area contributed by atoms with E-state index in [1.807, 2.05) is 13.8 Å². The van der Waals surface area contributed by atoms with Crippen molar-refractivity contribution < 1.29 is 13.0 Å². The van der Waals surface area contributed by atoms with Crippen molar-refractivity contribution in [3.8, 4) is 12.1 Å². The summed E-state index contributed by atoms with van der Waals surface area (Å²) < 4.78 is 35.9. The molecule has 0 aromatic rings. The first-order chi connectivity index (χ1) is 10.5. The maximum atomic E-state index is 12.0. The van der Waals surface area contributed by atoms with Crippen molar-refractivity contribution in [2.24, 2.45) is 29.6 Å². The molecule has 2 unspecified atom stereocenters. The molecule has 1 aliphatic rings. The van der Waals surface area contributed by atoms with E-state index in [0.29, 0.717) is 5.57 Å². The van der Waals surface area contributed by atoms with Gasteiger partial charge in [0.1, 0.15) is 10.1 Å². The highest BCUT2D eigenvalue weighted by atomic mass is 32.2. The first-order valence-electron chi connectivity index (χ1n) is 7.73. The van der Waals surface area contributed by atoms with E-state index in [-0.39, 0.29) is 33.8 Å². The lowest BCUT2D eigenvalue weighted by molar-refractivity contribution is 0.356. The van der Waals surface area contributed by atoms with Crippen molar-refractivity contribution in [1.82, 2.24) is 0 Å². The summed E-state index contributed by atoms with van der Waals surface area (Å²) >= 11 is 0. The van der Waals surface area contributed by atoms with Crippen LogP contribution in [-0.4, -0.2) is 13.0 Å². The van der Waals surface area contributed by atoms with Crippen LogP contribution in [0.4, 0.5) is 0 Å². The summed E-state index contributed by atoms with van der Waals surface area (Å²) in [6.45, 7) is 10.9. The second kappa shape index (κ2) is 6.86. The third kappa shape index (κ3) is 3.49. The van der Waals surface area contributed by atoms with Crippen LogP contribution < -0.4 is 0 Å². The van der Waals surface area contributed by atoms with Crippen molar-refractivity contribution in [1.29, 1.82) is 10.5 Å². The number of nitriles is 2. The van der Waals surface area contributed by atoms with E-state index in [2.05, 4.69) is 12.1 Å². The van der Waals surface area contributed by atoms with E-state index in [0.717, 1.165) is 0 Å². The Morgan fingerprint density at radius 3 is 1.83 bits per heavy atom. The lowest BCUT2D eigenvalue weighted by Gasteiger charge is -2.39. The lowest BCUT2D eigenvalue weighted by atomic mass is 9.68. The normalized spacial score (nSPS) is 22.8. The first-order valence-corrected chi connectivity index (χ1v) is 9.13. The number of nitrogens with zero attached hydrogens (tertiary/aromatic N) is 2. The molecule has 0 saturated carbocycles. The first kappa shape index (κ1) is 19.4. The van der Waals surface area contributed by atoms with E-state index >= 15 is 0 Å². The van der Waals surface area contributed by atoms with Crippen LogP contribution in [0, 0.1) is 52.3 Å². The fourth-order valence-electron chi connectivity index (χ4n) is 3.44. The van der Waals surface area contributed by atoms with Gasteiger partial charge in [0.2, 0.25) is 0 Å². The minimum atomic E-state index is -4.76. The molecule has 5 nitrogen and oxygen atoms in total. The fourth-order valence-corrected chi connectivity index (χ4v) is 4.79. The van der Waals surface area contributed by atoms with Crippen LogP contribution in [0.15, 0.2) is 21.6 Å².